The molecule has 64 valence electrons. The van der Waals surface area contributed by atoms with Gasteiger partial charge in [0.2, 0.25) is 0 Å². The normalized spacial score (nSPS) is 22.9. The molecular weight excluding hydrogens is 148 g/mol. The maximum atomic E-state index is 4.28. The molecule has 1 unspecified atom stereocenters. The number of aryl methyl sites for hydroxylation is 1. The summed E-state index contributed by atoms with van der Waals surface area (Å²) in [5, 5.41) is 3.47. The van der Waals surface area contributed by atoms with Crippen molar-refractivity contribution in [3.63, 3.8) is 0 Å². The molecule has 0 radical (unpaired) electrons. The fourth-order valence-corrected chi connectivity index (χ4v) is 1.81. The standard InChI is InChI=1S/C10H14N2/c1-8-9(4-2-6-11-8)10-5-3-7-12-10/h2,4,6,10,12H,3,5,7H2,1H3. The Morgan fingerprint density at radius 3 is 3.17 bits per heavy atom. The molecule has 2 rings (SSSR count). The van der Waals surface area contributed by atoms with Gasteiger partial charge in [-0.15, -0.1) is 0 Å². The van der Waals surface area contributed by atoms with Crippen LogP contribution in [0.1, 0.15) is 30.1 Å². The van der Waals surface area contributed by atoms with Crippen LogP contribution in [0.5, 0.6) is 0 Å². The van der Waals surface area contributed by atoms with Gasteiger partial charge in [-0.05, 0) is 37.9 Å². The predicted octanol–water partition coefficient (Wildman–Crippen LogP) is 1.81. The molecule has 2 heterocycles. The third-order valence-corrected chi connectivity index (χ3v) is 2.48. The molecule has 0 spiro atoms. The largest absolute Gasteiger partial charge is 0.310 e. The average Bonchev–Trinajstić information content (AvgIpc) is 2.57. The van der Waals surface area contributed by atoms with Crippen molar-refractivity contribution in [1.29, 1.82) is 0 Å². The van der Waals surface area contributed by atoms with E-state index in [-0.39, 0.29) is 0 Å². The lowest BCUT2D eigenvalue weighted by molar-refractivity contribution is 0.640. The van der Waals surface area contributed by atoms with Crippen LogP contribution in [0.4, 0.5) is 0 Å². The van der Waals surface area contributed by atoms with E-state index in [0.717, 1.165) is 12.2 Å². The highest BCUT2D eigenvalue weighted by atomic mass is 14.9. The molecular formula is C10H14N2. The summed E-state index contributed by atoms with van der Waals surface area (Å²) in [6.07, 6.45) is 4.40. The number of nitrogens with zero attached hydrogens (tertiary/aromatic N) is 1. The number of hydrogen-bond acceptors (Lipinski definition) is 2. The van der Waals surface area contributed by atoms with Crippen LogP contribution >= 0.6 is 0 Å². The molecule has 1 fully saturated rings. The first kappa shape index (κ1) is 7.74. The van der Waals surface area contributed by atoms with Gasteiger partial charge in [-0.25, -0.2) is 0 Å². The van der Waals surface area contributed by atoms with Gasteiger partial charge in [0.1, 0.15) is 0 Å². The van der Waals surface area contributed by atoms with E-state index in [9.17, 15) is 0 Å². The lowest BCUT2D eigenvalue weighted by Gasteiger charge is -2.11. The van der Waals surface area contributed by atoms with Gasteiger partial charge in [-0.2, -0.15) is 0 Å². The second-order valence-electron chi connectivity index (χ2n) is 3.33. The van der Waals surface area contributed by atoms with Crippen molar-refractivity contribution in [1.82, 2.24) is 10.3 Å². The maximum absolute atomic E-state index is 4.28. The molecule has 2 heteroatoms. The second-order valence-corrected chi connectivity index (χ2v) is 3.33. The monoisotopic (exact) mass is 162 g/mol. The smallest absolute Gasteiger partial charge is 0.0420 e. The molecule has 0 amide bonds. The molecule has 0 aromatic carbocycles. The molecule has 1 aliphatic heterocycles. The van der Waals surface area contributed by atoms with E-state index >= 15 is 0 Å². The zero-order valence-electron chi connectivity index (χ0n) is 7.38. The van der Waals surface area contributed by atoms with E-state index in [4.69, 9.17) is 0 Å². The van der Waals surface area contributed by atoms with Crippen molar-refractivity contribution in [3.8, 4) is 0 Å². The van der Waals surface area contributed by atoms with Gasteiger partial charge >= 0.3 is 0 Å². The summed E-state index contributed by atoms with van der Waals surface area (Å²) in [7, 11) is 0. The fourth-order valence-electron chi connectivity index (χ4n) is 1.81. The van der Waals surface area contributed by atoms with Crippen LogP contribution in [0, 0.1) is 6.92 Å². The van der Waals surface area contributed by atoms with Crippen LogP contribution in [-0.4, -0.2) is 11.5 Å². The fraction of sp³-hybridized carbons (Fsp3) is 0.500. The highest BCUT2D eigenvalue weighted by Crippen LogP contribution is 2.23. The number of hydrogen-bond donors (Lipinski definition) is 1. The topological polar surface area (TPSA) is 24.9 Å². The lowest BCUT2D eigenvalue weighted by Crippen LogP contribution is -2.14. The molecule has 1 aromatic rings. The van der Waals surface area contributed by atoms with Crippen molar-refractivity contribution in [2.45, 2.75) is 25.8 Å². The SMILES string of the molecule is Cc1ncccc1C1CCCN1. The zero-order chi connectivity index (χ0) is 8.39. The highest BCUT2D eigenvalue weighted by molar-refractivity contribution is 5.23. The van der Waals surface area contributed by atoms with Gasteiger partial charge in [-0.3, -0.25) is 4.98 Å². The molecule has 0 aliphatic carbocycles. The molecule has 0 saturated carbocycles. The van der Waals surface area contributed by atoms with Gasteiger partial charge in [0.15, 0.2) is 0 Å². The maximum Gasteiger partial charge on any atom is 0.0420 e. The van der Waals surface area contributed by atoms with Crippen LogP contribution in [-0.2, 0) is 0 Å². The summed E-state index contributed by atoms with van der Waals surface area (Å²) in [6, 6.07) is 4.74. The predicted molar refractivity (Wildman–Crippen MR) is 49.0 cm³/mol. The molecule has 0 bridgehead atoms. The van der Waals surface area contributed by atoms with Gasteiger partial charge < -0.3 is 5.32 Å². The molecule has 1 aromatic heterocycles. The summed E-state index contributed by atoms with van der Waals surface area (Å²) in [5.41, 5.74) is 2.53. The van der Waals surface area contributed by atoms with Crippen molar-refractivity contribution in [2.75, 3.05) is 6.54 Å². The molecule has 1 aliphatic rings. The van der Waals surface area contributed by atoms with E-state index < -0.39 is 0 Å². The third kappa shape index (κ3) is 1.34. The van der Waals surface area contributed by atoms with E-state index in [1.165, 1.54) is 18.4 Å². The Balaban J connectivity index is 2.26. The Kier molecular flexibility index (Phi) is 2.09. The summed E-state index contributed by atoms with van der Waals surface area (Å²) in [5.74, 6) is 0. The first-order valence-corrected chi connectivity index (χ1v) is 4.53. The summed E-state index contributed by atoms with van der Waals surface area (Å²) >= 11 is 0. The van der Waals surface area contributed by atoms with Gasteiger partial charge in [0.05, 0.1) is 0 Å². The Bertz CT molecular complexity index is 264. The van der Waals surface area contributed by atoms with Crippen LogP contribution in [0.25, 0.3) is 0 Å². The second kappa shape index (κ2) is 3.23. The third-order valence-electron chi connectivity index (χ3n) is 2.48. The first-order valence-electron chi connectivity index (χ1n) is 4.53. The van der Waals surface area contributed by atoms with E-state index in [1.807, 2.05) is 12.3 Å². The highest BCUT2D eigenvalue weighted by Gasteiger charge is 2.17. The molecule has 2 nitrogen and oxygen atoms in total. The minimum atomic E-state index is 0.554. The first-order chi connectivity index (χ1) is 5.88. The van der Waals surface area contributed by atoms with Crippen LogP contribution in [0.3, 0.4) is 0 Å². The number of rotatable bonds is 1. The zero-order valence-corrected chi connectivity index (χ0v) is 7.38. The van der Waals surface area contributed by atoms with E-state index in [0.29, 0.717) is 6.04 Å². The van der Waals surface area contributed by atoms with Crippen molar-refractivity contribution in [2.24, 2.45) is 0 Å². The van der Waals surface area contributed by atoms with Crippen molar-refractivity contribution < 1.29 is 0 Å². The average molecular weight is 162 g/mol. The molecule has 1 N–H and O–H groups in total. The summed E-state index contributed by atoms with van der Waals surface area (Å²) in [4.78, 5) is 4.28. The lowest BCUT2D eigenvalue weighted by atomic mass is 10.0. The quantitative estimate of drug-likeness (QED) is 0.681. The summed E-state index contributed by atoms with van der Waals surface area (Å²) in [6.45, 7) is 3.23. The van der Waals surface area contributed by atoms with Gasteiger partial charge in [0.25, 0.3) is 0 Å². The summed E-state index contributed by atoms with van der Waals surface area (Å²) < 4.78 is 0. The Hall–Kier alpha value is -0.890. The Morgan fingerprint density at radius 2 is 2.50 bits per heavy atom. The molecule has 1 saturated heterocycles. The Morgan fingerprint density at radius 1 is 1.58 bits per heavy atom. The number of aromatic nitrogens is 1. The number of nitrogens with one attached hydrogen (secondary N) is 1. The molecule has 12 heavy (non-hydrogen) atoms. The van der Waals surface area contributed by atoms with Crippen LogP contribution in [0.15, 0.2) is 18.3 Å². The van der Waals surface area contributed by atoms with Crippen LogP contribution in [0.2, 0.25) is 0 Å². The van der Waals surface area contributed by atoms with Gasteiger partial charge in [0, 0.05) is 17.9 Å². The van der Waals surface area contributed by atoms with Crippen LogP contribution < -0.4 is 5.32 Å². The van der Waals surface area contributed by atoms with Gasteiger partial charge in [-0.1, -0.05) is 6.07 Å². The van der Waals surface area contributed by atoms with Crippen molar-refractivity contribution >= 4 is 0 Å². The minimum Gasteiger partial charge on any atom is -0.310 e. The minimum absolute atomic E-state index is 0.554. The van der Waals surface area contributed by atoms with E-state index in [1.54, 1.807) is 0 Å². The number of pyridine rings is 1. The Labute approximate surface area is 73.0 Å². The van der Waals surface area contributed by atoms with Crippen molar-refractivity contribution in [3.05, 3.63) is 29.6 Å². The molecule has 1 atom stereocenters. The van der Waals surface area contributed by atoms with E-state index in [2.05, 4.69) is 23.3 Å².